The average Bonchev–Trinajstić information content (AvgIpc) is 2.59. The van der Waals surface area contributed by atoms with E-state index in [2.05, 4.69) is 15.3 Å². The Morgan fingerprint density at radius 3 is 2.43 bits per heavy atom. The quantitative estimate of drug-likeness (QED) is 0.832. The smallest absolute Gasteiger partial charge is 0.226 e. The van der Waals surface area contributed by atoms with E-state index in [0.29, 0.717) is 30.9 Å². The van der Waals surface area contributed by atoms with Gasteiger partial charge in [0.2, 0.25) is 15.9 Å². The molecule has 0 spiro atoms. The van der Waals surface area contributed by atoms with Crippen molar-refractivity contribution in [2.24, 2.45) is 23.2 Å². The first-order valence-electron chi connectivity index (χ1n) is 10.4. The molecule has 4 bridgehead atoms. The van der Waals surface area contributed by atoms with Crippen molar-refractivity contribution >= 4 is 21.7 Å². The van der Waals surface area contributed by atoms with Crippen LogP contribution in [0.25, 0.3) is 0 Å². The van der Waals surface area contributed by atoms with Gasteiger partial charge < -0.3 is 5.32 Å². The zero-order valence-corrected chi connectivity index (χ0v) is 17.2. The van der Waals surface area contributed by atoms with Crippen LogP contribution < -0.4 is 5.32 Å². The first-order chi connectivity index (χ1) is 13.3. The molecule has 4 aliphatic carbocycles. The van der Waals surface area contributed by atoms with E-state index in [1.54, 1.807) is 0 Å². The zero-order chi connectivity index (χ0) is 19.5. The maximum Gasteiger partial charge on any atom is 0.226 e. The van der Waals surface area contributed by atoms with Crippen LogP contribution in [0.15, 0.2) is 6.33 Å². The van der Waals surface area contributed by atoms with Crippen LogP contribution in [0, 0.1) is 23.2 Å². The number of aromatic nitrogens is 2. The normalized spacial score (nSPS) is 34.2. The Bertz CT molecular complexity index is 879. The van der Waals surface area contributed by atoms with Gasteiger partial charge in [-0.2, -0.15) is 4.31 Å². The van der Waals surface area contributed by atoms with Gasteiger partial charge in [0.15, 0.2) is 0 Å². The van der Waals surface area contributed by atoms with E-state index in [-0.39, 0.29) is 17.9 Å². The fraction of sp³-hybridized carbons (Fsp3) is 0.750. The Morgan fingerprint density at radius 2 is 1.82 bits per heavy atom. The highest BCUT2D eigenvalue weighted by atomic mass is 32.2. The molecule has 4 fully saturated rings. The van der Waals surface area contributed by atoms with Crippen molar-refractivity contribution < 1.29 is 13.2 Å². The predicted octanol–water partition coefficient (Wildman–Crippen LogP) is 2.34. The van der Waals surface area contributed by atoms with Crippen molar-refractivity contribution in [1.82, 2.24) is 14.3 Å². The fourth-order valence-electron chi connectivity index (χ4n) is 6.74. The monoisotopic (exact) mass is 404 g/mol. The van der Waals surface area contributed by atoms with Crippen LogP contribution in [0.2, 0.25) is 0 Å². The van der Waals surface area contributed by atoms with Crippen LogP contribution >= 0.6 is 0 Å². The first kappa shape index (κ1) is 18.5. The van der Waals surface area contributed by atoms with Crippen molar-refractivity contribution in [3.05, 3.63) is 17.6 Å². The molecule has 2 heterocycles. The van der Waals surface area contributed by atoms with E-state index in [4.69, 9.17) is 0 Å². The van der Waals surface area contributed by atoms with Crippen molar-refractivity contribution in [2.45, 2.75) is 57.9 Å². The van der Waals surface area contributed by atoms with Crippen LogP contribution in [-0.2, 0) is 27.8 Å². The molecular weight excluding hydrogens is 376 g/mol. The minimum atomic E-state index is -3.25. The van der Waals surface area contributed by atoms with Gasteiger partial charge in [-0.1, -0.05) is 0 Å². The Hall–Kier alpha value is -1.54. The van der Waals surface area contributed by atoms with Crippen molar-refractivity contribution in [3.8, 4) is 0 Å². The van der Waals surface area contributed by atoms with Gasteiger partial charge in [-0.05, 0) is 68.1 Å². The van der Waals surface area contributed by atoms with E-state index in [9.17, 15) is 13.2 Å². The lowest BCUT2D eigenvalue weighted by molar-refractivity contribution is -0.124. The molecule has 1 N–H and O–H groups in total. The number of carbonyl (C=O) groups is 1. The number of rotatable bonds is 4. The average molecular weight is 405 g/mol. The summed E-state index contributed by atoms with van der Waals surface area (Å²) in [6.07, 6.45) is 11.5. The van der Waals surface area contributed by atoms with Gasteiger partial charge in [-0.3, -0.25) is 4.79 Å². The van der Waals surface area contributed by atoms with Gasteiger partial charge in [0.25, 0.3) is 0 Å². The largest absolute Gasteiger partial charge is 0.310 e. The van der Waals surface area contributed by atoms with E-state index in [1.807, 2.05) is 0 Å². The van der Waals surface area contributed by atoms with Gasteiger partial charge in [0.05, 0.1) is 18.5 Å². The van der Waals surface area contributed by atoms with Crippen molar-refractivity contribution in [3.63, 3.8) is 0 Å². The fourth-order valence-corrected chi connectivity index (χ4v) is 7.52. The van der Waals surface area contributed by atoms with Gasteiger partial charge in [-0.25, -0.2) is 18.4 Å². The second-order valence-electron chi connectivity index (χ2n) is 9.64. The molecule has 1 aromatic heterocycles. The van der Waals surface area contributed by atoms with E-state index in [0.717, 1.165) is 23.3 Å². The van der Waals surface area contributed by atoms with E-state index < -0.39 is 10.0 Å². The summed E-state index contributed by atoms with van der Waals surface area (Å²) in [4.78, 5) is 21.5. The second kappa shape index (κ2) is 6.49. The standard InChI is InChI=1S/C20H28N4O3S/c1-28(26,27)24-3-2-16-17(11-24)21-12-22-19(16)23-18(25)10-20-7-13-4-14(8-20)6-15(5-13)9-20/h12-15H,2-11H2,1H3,(H,21,22,23,25). The number of hydrogen-bond acceptors (Lipinski definition) is 5. The molecule has 28 heavy (non-hydrogen) atoms. The summed E-state index contributed by atoms with van der Waals surface area (Å²) in [5, 5.41) is 3.04. The van der Waals surface area contributed by atoms with Crippen LogP contribution in [0.1, 0.15) is 56.2 Å². The molecule has 0 aromatic carbocycles. The SMILES string of the molecule is CS(=O)(=O)N1CCc2c(ncnc2NC(=O)CC23CC4CC(CC(C4)C2)C3)C1. The van der Waals surface area contributed by atoms with Gasteiger partial charge in [0.1, 0.15) is 12.1 Å². The summed E-state index contributed by atoms with van der Waals surface area (Å²) < 4.78 is 25.1. The van der Waals surface area contributed by atoms with Crippen molar-refractivity contribution in [1.29, 1.82) is 0 Å². The summed E-state index contributed by atoms with van der Waals surface area (Å²) in [6.45, 7) is 0.644. The topological polar surface area (TPSA) is 92.3 Å². The number of nitrogens with zero attached hydrogens (tertiary/aromatic N) is 3. The molecule has 0 radical (unpaired) electrons. The van der Waals surface area contributed by atoms with Crippen LogP contribution in [0.4, 0.5) is 5.82 Å². The number of amides is 1. The Labute approximate surface area is 166 Å². The third kappa shape index (κ3) is 3.34. The van der Waals surface area contributed by atoms with Gasteiger partial charge >= 0.3 is 0 Å². The second-order valence-corrected chi connectivity index (χ2v) is 11.6. The lowest BCUT2D eigenvalue weighted by atomic mass is 9.49. The highest BCUT2D eigenvalue weighted by Gasteiger charge is 2.51. The highest BCUT2D eigenvalue weighted by Crippen LogP contribution is 2.61. The number of nitrogens with one attached hydrogen (secondary N) is 1. The zero-order valence-electron chi connectivity index (χ0n) is 16.4. The molecule has 8 heteroatoms. The van der Waals surface area contributed by atoms with Crippen LogP contribution in [-0.4, -0.2) is 41.4 Å². The molecule has 0 unspecified atom stereocenters. The molecule has 4 saturated carbocycles. The predicted molar refractivity (Wildman–Crippen MR) is 105 cm³/mol. The van der Waals surface area contributed by atoms with Gasteiger partial charge in [-0.15, -0.1) is 0 Å². The molecule has 152 valence electrons. The molecule has 7 nitrogen and oxygen atoms in total. The molecule has 1 amide bonds. The Balaban J connectivity index is 1.30. The summed E-state index contributed by atoms with van der Waals surface area (Å²) in [6, 6.07) is 0. The lowest BCUT2D eigenvalue weighted by Crippen LogP contribution is -2.47. The van der Waals surface area contributed by atoms with Crippen molar-refractivity contribution in [2.75, 3.05) is 18.1 Å². The molecule has 0 atom stereocenters. The molecule has 6 rings (SSSR count). The summed E-state index contributed by atoms with van der Waals surface area (Å²) >= 11 is 0. The maximum absolute atomic E-state index is 12.9. The van der Waals surface area contributed by atoms with E-state index in [1.165, 1.54) is 55.4 Å². The number of fused-ring (bicyclic) bond motifs is 1. The molecule has 1 aliphatic heterocycles. The maximum atomic E-state index is 12.9. The minimum Gasteiger partial charge on any atom is -0.310 e. The third-order valence-corrected chi connectivity index (χ3v) is 8.65. The molecular formula is C20H28N4O3S. The lowest BCUT2D eigenvalue weighted by Gasteiger charge is -2.56. The number of carbonyl (C=O) groups excluding carboxylic acids is 1. The van der Waals surface area contributed by atoms with Gasteiger partial charge in [0, 0.05) is 18.5 Å². The highest BCUT2D eigenvalue weighted by molar-refractivity contribution is 7.88. The first-order valence-corrected chi connectivity index (χ1v) is 12.2. The molecule has 0 saturated heterocycles. The summed E-state index contributed by atoms with van der Waals surface area (Å²) in [5.74, 6) is 3.09. The number of sulfonamides is 1. The van der Waals surface area contributed by atoms with Crippen LogP contribution in [0.3, 0.4) is 0 Å². The van der Waals surface area contributed by atoms with E-state index >= 15 is 0 Å². The third-order valence-electron chi connectivity index (χ3n) is 7.40. The Morgan fingerprint density at radius 1 is 1.18 bits per heavy atom. The Kier molecular flexibility index (Phi) is 4.28. The summed E-state index contributed by atoms with van der Waals surface area (Å²) in [7, 11) is -3.25. The number of hydrogen-bond donors (Lipinski definition) is 1. The molecule has 5 aliphatic rings. The summed E-state index contributed by atoms with van der Waals surface area (Å²) in [5.41, 5.74) is 1.76. The molecule has 1 aromatic rings. The van der Waals surface area contributed by atoms with Crippen LogP contribution in [0.5, 0.6) is 0 Å². The number of anilines is 1. The minimum absolute atomic E-state index is 0.0494.